The summed E-state index contributed by atoms with van der Waals surface area (Å²) in [5, 5.41) is 14.3. The first-order valence-electron chi connectivity index (χ1n) is 12.3. The van der Waals surface area contributed by atoms with Crippen molar-refractivity contribution in [1.82, 2.24) is 10.2 Å². The number of carbonyl (C=O) groups is 1. The molecule has 0 radical (unpaired) electrons. The Kier molecular flexibility index (Phi) is 8.44. The van der Waals surface area contributed by atoms with E-state index in [1.807, 2.05) is 35.2 Å². The van der Waals surface area contributed by atoms with E-state index >= 15 is 0 Å². The quantitative estimate of drug-likeness (QED) is 0.385. The van der Waals surface area contributed by atoms with Gasteiger partial charge in [-0.05, 0) is 73.2 Å². The molecule has 0 aromatic heterocycles. The Hall–Kier alpha value is -3.58. The van der Waals surface area contributed by atoms with E-state index in [2.05, 4.69) is 5.32 Å². The first kappa shape index (κ1) is 25.5. The van der Waals surface area contributed by atoms with Gasteiger partial charge in [0.05, 0.1) is 14.2 Å². The minimum Gasteiger partial charge on any atom is -0.507 e. The van der Waals surface area contributed by atoms with Crippen LogP contribution in [0.25, 0.3) is 11.1 Å². The maximum atomic E-state index is 14.5. The summed E-state index contributed by atoms with van der Waals surface area (Å²) < 4.78 is 25.2. The normalized spacial score (nSPS) is 14.0. The molecular weight excluding hydrogens is 459 g/mol. The SMILES string of the molecule is COc1ccc(-c2cc(F)cc(CCCNC(C(=O)N3CCCC3)c3ccccc3)c2O)cc1OC. The summed E-state index contributed by atoms with van der Waals surface area (Å²) in [6.07, 6.45) is 3.15. The van der Waals surface area contributed by atoms with Crippen LogP contribution in [0, 0.1) is 5.82 Å². The second-order valence-electron chi connectivity index (χ2n) is 8.96. The Morgan fingerprint density at radius 3 is 2.44 bits per heavy atom. The molecule has 6 nitrogen and oxygen atoms in total. The van der Waals surface area contributed by atoms with E-state index in [-0.39, 0.29) is 11.7 Å². The number of hydrogen-bond acceptors (Lipinski definition) is 5. The highest BCUT2D eigenvalue weighted by atomic mass is 19.1. The standard InChI is InChI=1S/C29H33FN2O4/c1-35-25-13-12-21(18-26(25)36-2)24-19-23(30)17-22(28(24)33)11-8-14-31-27(20-9-4-3-5-10-20)29(34)32-15-6-7-16-32/h3-5,9-10,12-13,17-19,27,31,33H,6-8,11,14-16H2,1-2H3. The Morgan fingerprint density at radius 1 is 1.03 bits per heavy atom. The van der Waals surface area contributed by atoms with Crippen LogP contribution in [0.4, 0.5) is 4.39 Å². The zero-order chi connectivity index (χ0) is 25.5. The van der Waals surface area contributed by atoms with Crippen molar-refractivity contribution in [3.05, 3.63) is 77.6 Å². The molecule has 190 valence electrons. The molecule has 0 bridgehead atoms. The molecule has 1 fully saturated rings. The number of amides is 1. The van der Waals surface area contributed by atoms with Crippen LogP contribution >= 0.6 is 0 Å². The highest BCUT2D eigenvalue weighted by molar-refractivity contribution is 5.83. The van der Waals surface area contributed by atoms with Gasteiger partial charge < -0.3 is 24.8 Å². The van der Waals surface area contributed by atoms with Gasteiger partial charge in [-0.2, -0.15) is 0 Å². The van der Waals surface area contributed by atoms with Crippen molar-refractivity contribution in [3.63, 3.8) is 0 Å². The largest absolute Gasteiger partial charge is 0.507 e. The fourth-order valence-corrected chi connectivity index (χ4v) is 4.71. The lowest BCUT2D eigenvalue weighted by Gasteiger charge is -2.24. The molecule has 0 saturated carbocycles. The Bertz CT molecular complexity index is 1180. The van der Waals surface area contributed by atoms with Gasteiger partial charge >= 0.3 is 0 Å². The molecule has 2 N–H and O–H groups in total. The van der Waals surface area contributed by atoms with Gasteiger partial charge in [0.2, 0.25) is 5.91 Å². The van der Waals surface area contributed by atoms with Gasteiger partial charge in [-0.1, -0.05) is 36.4 Å². The average Bonchev–Trinajstić information content (AvgIpc) is 3.45. The van der Waals surface area contributed by atoms with Crippen molar-refractivity contribution in [2.75, 3.05) is 33.9 Å². The Balaban J connectivity index is 1.46. The molecule has 1 aliphatic heterocycles. The number of methoxy groups -OCH3 is 2. The number of likely N-dealkylation sites (tertiary alicyclic amines) is 1. The maximum absolute atomic E-state index is 14.5. The van der Waals surface area contributed by atoms with E-state index in [4.69, 9.17) is 9.47 Å². The number of aryl methyl sites for hydroxylation is 1. The van der Waals surface area contributed by atoms with Gasteiger partial charge in [0, 0.05) is 18.7 Å². The molecular formula is C29H33FN2O4. The molecule has 1 amide bonds. The molecule has 0 spiro atoms. The number of benzene rings is 3. The second-order valence-corrected chi connectivity index (χ2v) is 8.96. The van der Waals surface area contributed by atoms with Gasteiger partial charge in [0.1, 0.15) is 17.6 Å². The van der Waals surface area contributed by atoms with Crippen LogP contribution in [-0.2, 0) is 11.2 Å². The number of ether oxygens (including phenoxy) is 2. The topological polar surface area (TPSA) is 71.0 Å². The summed E-state index contributed by atoms with van der Waals surface area (Å²) in [5.74, 6) is 0.755. The number of hydrogen-bond donors (Lipinski definition) is 2. The highest BCUT2D eigenvalue weighted by Crippen LogP contribution is 2.38. The zero-order valence-corrected chi connectivity index (χ0v) is 20.8. The number of carbonyl (C=O) groups excluding carboxylic acids is 1. The number of phenols is 1. The lowest BCUT2D eigenvalue weighted by atomic mass is 9.98. The van der Waals surface area contributed by atoms with Gasteiger partial charge in [0.25, 0.3) is 0 Å². The zero-order valence-electron chi connectivity index (χ0n) is 20.8. The molecule has 1 heterocycles. The Labute approximate surface area is 211 Å². The third-order valence-electron chi connectivity index (χ3n) is 6.62. The van der Waals surface area contributed by atoms with Crippen LogP contribution in [0.3, 0.4) is 0 Å². The van der Waals surface area contributed by atoms with E-state index in [9.17, 15) is 14.3 Å². The Morgan fingerprint density at radius 2 is 1.75 bits per heavy atom. The van der Waals surface area contributed by atoms with Crippen molar-refractivity contribution < 1.29 is 23.8 Å². The lowest BCUT2D eigenvalue weighted by molar-refractivity contribution is -0.132. The number of halogens is 1. The number of aromatic hydroxyl groups is 1. The first-order valence-corrected chi connectivity index (χ1v) is 12.3. The number of nitrogens with one attached hydrogen (secondary N) is 1. The minimum absolute atomic E-state index is 0.0383. The summed E-state index contributed by atoms with van der Waals surface area (Å²) in [6, 6.07) is 17.2. The molecule has 36 heavy (non-hydrogen) atoms. The van der Waals surface area contributed by atoms with Crippen molar-refractivity contribution in [1.29, 1.82) is 0 Å². The third-order valence-corrected chi connectivity index (χ3v) is 6.62. The average molecular weight is 493 g/mol. The molecule has 3 aromatic carbocycles. The summed E-state index contributed by atoms with van der Waals surface area (Å²) >= 11 is 0. The highest BCUT2D eigenvalue weighted by Gasteiger charge is 2.27. The fraction of sp³-hybridized carbons (Fsp3) is 0.345. The molecule has 4 rings (SSSR count). The van der Waals surface area contributed by atoms with E-state index in [1.165, 1.54) is 19.2 Å². The van der Waals surface area contributed by atoms with E-state index < -0.39 is 11.9 Å². The molecule has 3 aromatic rings. The predicted molar refractivity (Wildman–Crippen MR) is 138 cm³/mol. The summed E-state index contributed by atoms with van der Waals surface area (Å²) in [7, 11) is 3.08. The number of phenolic OH excluding ortho intramolecular Hbond substituents is 1. The van der Waals surface area contributed by atoms with Crippen molar-refractivity contribution in [2.45, 2.75) is 31.7 Å². The second kappa shape index (κ2) is 11.9. The fourth-order valence-electron chi connectivity index (χ4n) is 4.71. The summed E-state index contributed by atoms with van der Waals surface area (Å²) in [5.41, 5.74) is 2.47. The first-order chi connectivity index (χ1) is 17.5. The van der Waals surface area contributed by atoms with Gasteiger partial charge in [0.15, 0.2) is 11.5 Å². The van der Waals surface area contributed by atoms with E-state index in [0.29, 0.717) is 47.6 Å². The van der Waals surface area contributed by atoms with Gasteiger partial charge in [-0.15, -0.1) is 0 Å². The van der Waals surface area contributed by atoms with Gasteiger partial charge in [-0.25, -0.2) is 4.39 Å². The van der Waals surface area contributed by atoms with E-state index in [0.717, 1.165) is 31.5 Å². The van der Waals surface area contributed by atoms with Crippen LogP contribution in [0.2, 0.25) is 0 Å². The van der Waals surface area contributed by atoms with Crippen molar-refractivity contribution >= 4 is 5.91 Å². The molecule has 7 heteroatoms. The lowest BCUT2D eigenvalue weighted by Crippen LogP contribution is -2.39. The summed E-state index contributed by atoms with van der Waals surface area (Å²) in [6.45, 7) is 2.13. The van der Waals surface area contributed by atoms with Crippen LogP contribution in [0.15, 0.2) is 60.7 Å². The van der Waals surface area contributed by atoms with Crippen LogP contribution in [0.5, 0.6) is 17.2 Å². The van der Waals surface area contributed by atoms with Crippen molar-refractivity contribution in [3.8, 4) is 28.4 Å². The summed E-state index contributed by atoms with van der Waals surface area (Å²) in [4.78, 5) is 15.1. The van der Waals surface area contributed by atoms with Crippen LogP contribution in [-0.4, -0.2) is 49.8 Å². The monoisotopic (exact) mass is 492 g/mol. The molecule has 1 saturated heterocycles. The molecule has 1 atom stereocenters. The molecule has 0 aliphatic carbocycles. The third kappa shape index (κ3) is 5.79. The molecule has 1 unspecified atom stereocenters. The van der Waals surface area contributed by atoms with Crippen molar-refractivity contribution in [2.24, 2.45) is 0 Å². The predicted octanol–water partition coefficient (Wildman–Crippen LogP) is 5.10. The molecule has 1 aliphatic rings. The maximum Gasteiger partial charge on any atom is 0.244 e. The minimum atomic E-state index is -0.424. The smallest absolute Gasteiger partial charge is 0.244 e. The van der Waals surface area contributed by atoms with Gasteiger partial charge in [-0.3, -0.25) is 4.79 Å². The van der Waals surface area contributed by atoms with E-state index in [1.54, 1.807) is 25.3 Å². The number of rotatable bonds is 10. The van der Waals surface area contributed by atoms with Crippen LogP contribution < -0.4 is 14.8 Å². The number of nitrogens with zero attached hydrogens (tertiary/aromatic N) is 1. The van der Waals surface area contributed by atoms with Crippen LogP contribution in [0.1, 0.15) is 36.4 Å².